The molecule has 0 saturated heterocycles. The first kappa shape index (κ1) is 20.8. The van der Waals surface area contributed by atoms with Crippen LogP contribution in [-0.4, -0.2) is 47.5 Å². The second-order valence-electron chi connectivity index (χ2n) is 6.30. The molecule has 0 amide bonds. The molecule has 2 aromatic carbocycles. The van der Waals surface area contributed by atoms with Gasteiger partial charge in [-0.25, -0.2) is 12.8 Å². The number of anilines is 1. The number of nitrogens with zero attached hydrogens (tertiary/aromatic N) is 2. The summed E-state index contributed by atoms with van der Waals surface area (Å²) >= 11 is 0. The zero-order valence-corrected chi connectivity index (χ0v) is 17.5. The minimum Gasteiger partial charge on any atom is -0.493 e. The Balaban J connectivity index is 2.15. The van der Waals surface area contributed by atoms with Gasteiger partial charge in [0.2, 0.25) is 5.75 Å². The highest BCUT2D eigenvalue weighted by Crippen LogP contribution is 2.42. The third kappa shape index (κ3) is 3.69. The molecule has 3 rings (SSSR count). The van der Waals surface area contributed by atoms with Crippen molar-refractivity contribution in [2.45, 2.75) is 4.90 Å². The lowest BCUT2D eigenvalue weighted by atomic mass is 10.2. The van der Waals surface area contributed by atoms with Gasteiger partial charge in [-0.2, -0.15) is 0 Å². The number of methoxy groups -OCH3 is 3. The lowest BCUT2D eigenvalue weighted by Gasteiger charge is -2.25. The molecule has 0 spiro atoms. The van der Waals surface area contributed by atoms with Crippen LogP contribution >= 0.6 is 0 Å². The summed E-state index contributed by atoms with van der Waals surface area (Å²) in [6.07, 6.45) is 1.85. The van der Waals surface area contributed by atoms with Crippen molar-refractivity contribution in [2.75, 3.05) is 38.9 Å². The van der Waals surface area contributed by atoms with Crippen molar-refractivity contribution in [3.05, 3.63) is 42.6 Å². The SMILES string of the molecule is COc1cc(N(CCF)S(=O)(=O)c2ccc3c(ccn3C)c2)cc(OC)c1OC. The van der Waals surface area contributed by atoms with E-state index in [2.05, 4.69) is 0 Å². The zero-order chi connectivity index (χ0) is 21.2. The van der Waals surface area contributed by atoms with E-state index in [1.807, 2.05) is 23.9 Å². The maximum atomic E-state index is 13.4. The summed E-state index contributed by atoms with van der Waals surface area (Å²) in [5.41, 5.74) is 1.11. The van der Waals surface area contributed by atoms with E-state index in [0.29, 0.717) is 5.75 Å². The van der Waals surface area contributed by atoms with Gasteiger partial charge >= 0.3 is 0 Å². The highest BCUT2D eigenvalue weighted by Gasteiger charge is 2.27. The van der Waals surface area contributed by atoms with Gasteiger partial charge in [0.25, 0.3) is 10.0 Å². The maximum Gasteiger partial charge on any atom is 0.264 e. The number of ether oxygens (including phenoxy) is 3. The Bertz CT molecular complexity index is 1100. The molecule has 7 nitrogen and oxygen atoms in total. The highest BCUT2D eigenvalue weighted by molar-refractivity contribution is 7.92. The number of alkyl halides is 1. The molecule has 0 atom stereocenters. The molecule has 0 bridgehead atoms. The van der Waals surface area contributed by atoms with E-state index in [4.69, 9.17) is 14.2 Å². The second kappa shape index (κ2) is 8.20. The van der Waals surface area contributed by atoms with Crippen molar-refractivity contribution in [3.8, 4) is 17.2 Å². The summed E-state index contributed by atoms with van der Waals surface area (Å²) in [5.74, 6) is 0.876. The molecule has 0 aliphatic heterocycles. The summed E-state index contributed by atoms with van der Waals surface area (Å²) in [4.78, 5) is 0.0680. The van der Waals surface area contributed by atoms with Gasteiger partial charge in [-0.3, -0.25) is 4.31 Å². The van der Waals surface area contributed by atoms with E-state index in [9.17, 15) is 12.8 Å². The lowest BCUT2D eigenvalue weighted by Crippen LogP contribution is -2.33. The van der Waals surface area contributed by atoms with Crippen LogP contribution < -0.4 is 18.5 Å². The highest BCUT2D eigenvalue weighted by atomic mass is 32.2. The minimum atomic E-state index is -4.04. The zero-order valence-electron chi connectivity index (χ0n) is 16.7. The standard InChI is InChI=1S/C20H23FN2O5S/c1-22-9-7-14-11-16(5-6-17(14)22)29(24,25)23(10-8-21)15-12-18(26-2)20(28-4)19(13-15)27-3/h5-7,9,11-13H,8,10H2,1-4H3. The Morgan fingerprint density at radius 3 is 2.21 bits per heavy atom. The van der Waals surface area contributed by atoms with Gasteiger partial charge in [0.15, 0.2) is 11.5 Å². The first-order valence-corrected chi connectivity index (χ1v) is 10.2. The monoisotopic (exact) mass is 422 g/mol. The van der Waals surface area contributed by atoms with E-state index in [-0.39, 0.29) is 28.6 Å². The van der Waals surface area contributed by atoms with E-state index < -0.39 is 16.7 Å². The molecule has 0 saturated carbocycles. The summed E-state index contributed by atoms with van der Waals surface area (Å²) in [5, 5.41) is 0.777. The number of fused-ring (bicyclic) bond motifs is 1. The molecule has 29 heavy (non-hydrogen) atoms. The van der Waals surface area contributed by atoms with Gasteiger partial charge in [-0.05, 0) is 24.3 Å². The van der Waals surface area contributed by atoms with Gasteiger partial charge in [0.05, 0.1) is 38.5 Å². The molecular weight excluding hydrogens is 399 g/mol. The van der Waals surface area contributed by atoms with Crippen LogP contribution in [0.2, 0.25) is 0 Å². The van der Waals surface area contributed by atoms with Crippen molar-refractivity contribution in [3.63, 3.8) is 0 Å². The van der Waals surface area contributed by atoms with Crippen molar-refractivity contribution in [1.29, 1.82) is 0 Å². The van der Waals surface area contributed by atoms with Crippen LogP contribution in [0.1, 0.15) is 0 Å². The molecule has 0 aliphatic rings. The normalized spacial score (nSPS) is 11.5. The first-order valence-electron chi connectivity index (χ1n) is 8.81. The fourth-order valence-corrected chi connectivity index (χ4v) is 4.69. The van der Waals surface area contributed by atoms with E-state index in [1.165, 1.54) is 39.5 Å². The molecule has 3 aromatic rings. The van der Waals surface area contributed by atoms with Crippen molar-refractivity contribution < 1.29 is 27.0 Å². The summed E-state index contributed by atoms with van der Waals surface area (Å²) in [6.45, 7) is -1.21. The average molecular weight is 422 g/mol. The maximum absolute atomic E-state index is 13.4. The van der Waals surface area contributed by atoms with Gasteiger partial charge in [0, 0.05) is 36.3 Å². The number of halogens is 1. The number of hydrogen-bond acceptors (Lipinski definition) is 5. The van der Waals surface area contributed by atoms with Crippen molar-refractivity contribution in [1.82, 2.24) is 4.57 Å². The molecule has 156 valence electrons. The topological polar surface area (TPSA) is 70.0 Å². The molecule has 1 heterocycles. The van der Waals surface area contributed by atoms with E-state index >= 15 is 0 Å². The number of benzene rings is 2. The molecule has 1 aromatic heterocycles. The number of hydrogen-bond donors (Lipinski definition) is 0. The van der Waals surface area contributed by atoms with Gasteiger partial charge in [0.1, 0.15) is 6.67 Å². The predicted molar refractivity (Wildman–Crippen MR) is 110 cm³/mol. The fraction of sp³-hybridized carbons (Fsp3) is 0.300. The number of rotatable bonds is 8. The first-order chi connectivity index (χ1) is 13.9. The van der Waals surface area contributed by atoms with Crippen molar-refractivity contribution >= 4 is 26.6 Å². The minimum absolute atomic E-state index is 0.0680. The smallest absolute Gasteiger partial charge is 0.264 e. The summed E-state index contributed by atoms with van der Waals surface area (Å²) in [7, 11) is 2.15. The van der Waals surface area contributed by atoms with E-state index in [1.54, 1.807) is 12.1 Å². The molecule has 0 aliphatic carbocycles. The third-order valence-electron chi connectivity index (χ3n) is 4.67. The Morgan fingerprint density at radius 1 is 1.00 bits per heavy atom. The fourth-order valence-electron chi connectivity index (χ4n) is 3.22. The largest absolute Gasteiger partial charge is 0.493 e. The summed E-state index contributed by atoms with van der Waals surface area (Å²) in [6, 6.07) is 9.61. The molecule has 0 N–H and O–H groups in total. The van der Waals surface area contributed by atoms with Crippen LogP contribution in [0.15, 0.2) is 47.5 Å². The molecular formula is C20H23FN2O5S. The van der Waals surface area contributed by atoms with Crippen LogP contribution in [0, 0.1) is 0 Å². The van der Waals surface area contributed by atoms with Crippen molar-refractivity contribution in [2.24, 2.45) is 7.05 Å². The molecule has 0 radical (unpaired) electrons. The predicted octanol–water partition coefficient (Wildman–Crippen LogP) is 3.37. The Hall–Kier alpha value is -2.94. The van der Waals surface area contributed by atoms with Crippen LogP contribution in [-0.2, 0) is 17.1 Å². The molecule has 0 unspecified atom stereocenters. The molecule has 0 fully saturated rings. The van der Waals surface area contributed by atoms with Gasteiger partial charge in [-0.1, -0.05) is 0 Å². The van der Waals surface area contributed by atoms with Crippen LogP contribution in [0.3, 0.4) is 0 Å². The lowest BCUT2D eigenvalue weighted by molar-refractivity contribution is 0.324. The van der Waals surface area contributed by atoms with Crippen LogP contribution in [0.5, 0.6) is 17.2 Å². The van der Waals surface area contributed by atoms with Crippen LogP contribution in [0.25, 0.3) is 10.9 Å². The quantitative estimate of drug-likeness (QED) is 0.557. The van der Waals surface area contributed by atoms with Gasteiger partial charge < -0.3 is 18.8 Å². The van der Waals surface area contributed by atoms with E-state index in [0.717, 1.165) is 15.2 Å². The van der Waals surface area contributed by atoms with Gasteiger partial charge in [-0.15, -0.1) is 0 Å². The average Bonchev–Trinajstić information content (AvgIpc) is 3.10. The van der Waals surface area contributed by atoms with Crippen LogP contribution in [0.4, 0.5) is 10.1 Å². The Labute approximate surface area is 169 Å². The third-order valence-corrected chi connectivity index (χ3v) is 6.49. The Kier molecular flexibility index (Phi) is 5.88. The molecule has 9 heteroatoms. The number of aromatic nitrogens is 1. The summed E-state index contributed by atoms with van der Waals surface area (Å²) < 4.78 is 58.9. The number of aryl methyl sites for hydroxylation is 1. The Morgan fingerprint density at radius 2 is 1.66 bits per heavy atom. The second-order valence-corrected chi connectivity index (χ2v) is 8.16. The number of sulfonamides is 1.